The molecule has 0 radical (unpaired) electrons. The second kappa shape index (κ2) is 12.8. The monoisotopic (exact) mass is 712 g/mol. The Bertz CT molecular complexity index is 2500. The van der Waals surface area contributed by atoms with Crippen molar-refractivity contribution < 1.29 is 4.74 Å². The number of benzene rings is 5. The van der Waals surface area contributed by atoms with Crippen molar-refractivity contribution in [2.75, 3.05) is 16.5 Å². The maximum atomic E-state index is 6.72. The van der Waals surface area contributed by atoms with Crippen LogP contribution in [0.1, 0.15) is 84.6 Å². The van der Waals surface area contributed by atoms with Crippen molar-refractivity contribution in [2.45, 2.75) is 85.5 Å². The standard InChI is InChI=1S/C49H52N4O/c1-32-26-39(48(5,6)7)46(40(27-32)49(8,9)10)52-31-51(42-20-13-14-21-43(42)52)34-16-15-17-35(29-34)54-36-22-23-38-37-18-11-12-19-41(37)53(44(38)30-36)45-28-33(24-25-50-45)47(2,3)4/h11-30H,31H2,1-10H3. The van der Waals surface area contributed by atoms with E-state index in [-0.39, 0.29) is 16.2 Å². The molecule has 0 aliphatic carbocycles. The maximum Gasteiger partial charge on any atom is 0.137 e. The second-order valence-electron chi connectivity index (χ2n) is 18.0. The summed E-state index contributed by atoms with van der Waals surface area (Å²) in [5, 5.41) is 2.36. The predicted molar refractivity (Wildman–Crippen MR) is 228 cm³/mol. The molecule has 0 bridgehead atoms. The van der Waals surface area contributed by atoms with Crippen molar-refractivity contribution in [1.29, 1.82) is 0 Å². The van der Waals surface area contributed by atoms with Crippen molar-refractivity contribution >= 4 is 44.6 Å². The van der Waals surface area contributed by atoms with Crippen molar-refractivity contribution in [3.8, 4) is 17.3 Å². The molecule has 0 atom stereocenters. The van der Waals surface area contributed by atoms with E-state index in [9.17, 15) is 0 Å². The average Bonchev–Trinajstić information content (AvgIpc) is 3.66. The Morgan fingerprint density at radius 2 is 1.19 bits per heavy atom. The molecule has 2 aromatic heterocycles. The molecule has 0 amide bonds. The maximum absolute atomic E-state index is 6.72. The molecule has 3 heterocycles. The van der Waals surface area contributed by atoms with Crippen LogP contribution in [0.25, 0.3) is 27.6 Å². The summed E-state index contributed by atoms with van der Waals surface area (Å²) in [6, 6.07) is 41.4. The fraction of sp³-hybridized carbons (Fsp3) is 0.286. The Morgan fingerprint density at radius 3 is 1.87 bits per heavy atom. The van der Waals surface area contributed by atoms with E-state index in [0.29, 0.717) is 6.67 Å². The van der Waals surface area contributed by atoms with E-state index in [1.807, 2.05) is 12.3 Å². The summed E-state index contributed by atoms with van der Waals surface area (Å²) in [4.78, 5) is 9.80. The number of pyridine rings is 1. The number of hydrogen-bond acceptors (Lipinski definition) is 4. The Kier molecular flexibility index (Phi) is 8.41. The molecule has 1 aliphatic heterocycles. The number of nitrogens with zero attached hydrogens (tertiary/aromatic N) is 4. The molecule has 8 rings (SSSR count). The van der Waals surface area contributed by atoms with Crippen LogP contribution < -0.4 is 14.5 Å². The van der Waals surface area contributed by atoms with E-state index < -0.39 is 0 Å². The molecule has 5 aromatic carbocycles. The van der Waals surface area contributed by atoms with E-state index in [4.69, 9.17) is 9.72 Å². The largest absolute Gasteiger partial charge is 0.457 e. The Morgan fingerprint density at radius 1 is 0.556 bits per heavy atom. The first kappa shape index (κ1) is 35.5. The van der Waals surface area contributed by atoms with E-state index in [1.165, 1.54) is 50.1 Å². The molecule has 0 saturated heterocycles. The minimum atomic E-state index is -0.0320. The third-order valence-corrected chi connectivity index (χ3v) is 10.7. The third-order valence-electron chi connectivity index (χ3n) is 10.7. The first-order chi connectivity index (χ1) is 25.6. The molecule has 0 saturated carbocycles. The number of hydrogen-bond donors (Lipinski definition) is 0. The van der Waals surface area contributed by atoms with Gasteiger partial charge in [0.1, 0.15) is 24.0 Å². The number of ether oxygens (including phenoxy) is 1. The van der Waals surface area contributed by atoms with Crippen LogP contribution in [0.4, 0.5) is 22.7 Å². The van der Waals surface area contributed by atoms with Crippen LogP contribution in [0, 0.1) is 6.92 Å². The number of anilines is 4. The van der Waals surface area contributed by atoms with E-state index in [2.05, 4.69) is 193 Å². The molecule has 0 N–H and O–H groups in total. The topological polar surface area (TPSA) is 33.5 Å². The van der Waals surface area contributed by atoms with Gasteiger partial charge >= 0.3 is 0 Å². The summed E-state index contributed by atoms with van der Waals surface area (Å²) in [5.74, 6) is 2.48. The molecule has 5 heteroatoms. The highest BCUT2D eigenvalue weighted by Crippen LogP contribution is 2.50. The van der Waals surface area contributed by atoms with Crippen molar-refractivity contribution in [2.24, 2.45) is 0 Å². The molecule has 7 aromatic rings. The Labute approximate surface area is 320 Å². The van der Waals surface area contributed by atoms with Crippen LogP contribution in [0.3, 0.4) is 0 Å². The summed E-state index contributed by atoms with van der Waals surface area (Å²) in [6.45, 7) is 23.6. The number of fused-ring (bicyclic) bond motifs is 4. The van der Waals surface area contributed by atoms with Crippen LogP contribution in [0.5, 0.6) is 11.5 Å². The normalized spacial score (nSPS) is 13.6. The molecule has 54 heavy (non-hydrogen) atoms. The number of rotatable bonds is 5. The van der Waals surface area contributed by atoms with Gasteiger partial charge in [0, 0.05) is 34.8 Å². The third kappa shape index (κ3) is 6.30. The van der Waals surface area contributed by atoms with Gasteiger partial charge in [0.2, 0.25) is 0 Å². The lowest BCUT2D eigenvalue weighted by molar-refractivity contribution is 0.483. The molecule has 274 valence electrons. The highest BCUT2D eigenvalue weighted by molar-refractivity contribution is 6.09. The summed E-state index contributed by atoms with van der Waals surface area (Å²) >= 11 is 0. The first-order valence-corrected chi connectivity index (χ1v) is 19.2. The van der Waals surface area contributed by atoms with Crippen molar-refractivity contribution in [1.82, 2.24) is 9.55 Å². The highest BCUT2D eigenvalue weighted by Gasteiger charge is 2.35. The number of aromatic nitrogens is 2. The van der Waals surface area contributed by atoms with Crippen molar-refractivity contribution in [3.05, 3.63) is 144 Å². The van der Waals surface area contributed by atoms with Gasteiger partial charge in [-0.1, -0.05) is 116 Å². The Hall–Kier alpha value is -5.55. The minimum Gasteiger partial charge on any atom is -0.457 e. The summed E-state index contributed by atoms with van der Waals surface area (Å²) in [7, 11) is 0. The van der Waals surface area contributed by atoms with Gasteiger partial charge in [-0.15, -0.1) is 0 Å². The minimum absolute atomic E-state index is 0.00647. The zero-order valence-electron chi connectivity index (χ0n) is 33.5. The lowest BCUT2D eigenvalue weighted by atomic mass is 9.77. The van der Waals surface area contributed by atoms with Crippen LogP contribution in [-0.4, -0.2) is 16.2 Å². The smallest absolute Gasteiger partial charge is 0.137 e. The van der Waals surface area contributed by atoms with Crippen molar-refractivity contribution in [3.63, 3.8) is 0 Å². The van der Waals surface area contributed by atoms with Crippen LogP contribution in [0.15, 0.2) is 121 Å². The van der Waals surface area contributed by atoms with Gasteiger partial charge in [0.15, 0.2) is 0 Å². The summed E-state index contributed by atoms with van der Waals surface area (Å²) in [5.41, 5.74) is 12.2. The fourth-order valence-corrected chi connectivity index (χ4v) is 7.96. The molecular formula is C49H52N4O. The van der Waals surface area contributed by atoms with Gasteiger partial charge in [-0.05, 0) is 94.5 Å². The quantitative estimate of drug-likeness (QED) is 0.178. The molecular weight excluding hydrogens is 661 g/mol. The Balaban J connectivity index is 1.18. The van der Waals surface area contributed by atoms with Gasteiger partial charge in [0.25, 0.3) is 0 Å². The van der Waals surface area contributed by atoms with Crippen LogP contribution in [-0.2, 0) is 16.2 Å². The first-order valence-electron chi connectivity index (χ1n) is 19.2. The van der Waals surface area contributed by atoms with E-state index in [0.717, 1.165) is 34.0 Å². The van der Waals surface area contributed by atoms with Crippen LogP contribution >= 0.6 is 0 Å². The zero-order valence-corrected chi connectivity index (χ0v) is 33.5. The fourth-order valence-electron chi connectivity index (χ4n) is 7.96. The zero-order chi connectivity index (χ0) is 38.2. The molecule has 0 unspecified atom stereocenters. The molecule has 5 nitrogen and oxygen atoms in total. The van der Waals surface area contributed by atoms with E-state index >= 15 is 0 Å². The summed E-state index contributed by atoms with van der Waals surface area (Å²) in [6.07, 6.45) is 1.92. The molecule has 1 aliphatic rings. The average molecular weight is 713 g/mol. The highest BCUT2D eigenvalue weighted by atomic mass is 16.5. The van der Waals surface area contributed by atoms with E-state index in [1.54, 1.807) is 0 Å². The van der Waals surface area contributed by atoms with Gasteiger partial charge in [-0.25, -0.2) is 4.98 Å². The number of para-hydroxylation sites is 3. The van der Waals surface area contributed by atoms with Gasteiger partial charge in [0.05, 0.1) is 28.1 Å². The van der Waals surface area contributed by atoms with Gasteiger partial charge in [-0.3, -0.25) is 4.57 Å². The molecule has 0 fully saturated rings. The predicted octanol–water partition coefficient (Wildman–Crippen LogP) is 13.4. The SMILES string of the molecule is Cc1cc(C(C)(C)C)c(N2CN(c3cccc(Oc4ccc5c6ccccc6n(-c6cc(C(C)(C)C)ccn6)c5c4)c3)c3ccccc32)c(C(C)(C)C)c1. The number of aryl methyl sites for hydroxylation is 1. The second-order valence-corrected chi connectivity index (χ2v) is 18.0. The molecule has 0 spiro atoms. The van der Waals surface area contributed by atoms with Crippen LogP contribution in [0.2, 0.25) is 0 Å². The lowest BCUT2D eigenvalue weighted by Gasteiger charge is -2.35. The lowest BCUT2D eigenvalue weighted by Crippen LogP contribution is -2.30. The van der Waals surface area contributed by atoms with Gasteiger partial charge < -0.3 is 14.5 Å². The summed E-state index contributed by atoms with van der Waals surface area (Å²) < 4.78 is 8.98. The van der Waals surface area contributed by atoms with Gasteiger partial charge in [-0.2, -0.15) is 0 Å².